The highest BCUT2D eigenvalue weighted by molar-refractivity contribution is 5.66. The van der Waals surface area contributed by atoms with Gasteiger partial charge in [0.2, 0.25) is 0 Å². The molecule has 0 aromatic carbocycles. The van der Waals surface area contributed by atoms with E-state index < -0.39 is 16.5 Å². The Morgan fingerprint density at radius 3 is 2.21 bits per heavy atom. The van der Waals surface area contributed by atoms with Crippen LogP contribution in [0, 0.1) is 11.3 Å². The summed E-state index contributed by atoms with van der Waals surface area (Å²) in [7, 11) is 0. The van der Waals surface area contributed by atoms with Gasteiger partial charge in [0.15, 0.2) is 0 Å². The molecule has 3 nitrogen and oxygen atoms in total. The average molecular weight is 196 g/mol. The molecule has 14 heavy (non-hydrogen) atoms. The molecule has 0 aliphatic heterocycles. The van der Waals surface area contributed by atoms with E-state index in [2.05, 4.69) is 0 Å². The zero-order chi connectivity index (χ0) is 11.2. The molecule has 0 aromatic rings. The van der Waals surface area contributed by atoms with Crippen molar-refractivity contribution in [1.29, 1.82) is 0 Å². The molecule has 0 saturated heterocycles. The second kappa shape index (κ2) is 2.91. The summed E-state index contributed by atoms with van der Waals surface area (Å²) in [6.07, 6.45) is 4.74. The van der Waals surface area contributed by atoms with Crippen LogP contribution in [0.15, 0.2) is 12.2 Å². The summed E-state index contributed by atoms with van der Waals surface area (Å²) in [4.78, 5) is 11.1. The molecule has 0 bridgehead atoms. The number of hydrogen-bond donors (Lipinski definition) is 2. The Morgan fingerprint density at radius 1 is 1.29 bits per heavy atom. The summed E-state index contributed by atoms with van der Waals surface area (Å²) in [5.41, 5.74) is 10.5. The molecule has 0 amide bonds. The first-order chi connectivity index (χ1) is 6.19. The zero-order valence-corrected chi connectivity index (χ0v) is 9.37. The number of nitrogens with two attached hydrogens (primary N) is 2. The van der Waals surface area contributed by atoms with Gasteiger partial charge in [-0.1, -0.05) is 19.1 Å². The van der Waals surface area contributed by atoms with Crippen molar-refractivity contribution in [2.45, 2.75) is 38.8 Å². The molecule has 4 N–H and O–H groups in total. The molecule has 0 heterocycles. The van der Waals surface area contributed by atoms with Crippen molar-refractivity contribution in [2.24, 2.45) is 22.8 Å². The Kier molecular flexibility index (Phi) is 2.37. The summed E-state index contributed by atoms with van der Waals surface area (Å²) in [5, 5.41) is 0. The van der Waals surface area contributed by atoms with Gasteiger partial charge in [0.05, 0.1) is 5.41 Å². The van der Waals surface area contributed by atoms with Crippen LogP contribution in [0.5, 0.6) is 0 Å². The van der Waals surface area contributed by atoms with Gasteiger partial charge in [-0.2, -0.15) is 0 Å². The van der Waals surface area contributed by atoms with E-state index in [-0.39, 0.29) is 5.92 Å². The van der Waals surface area contributed by atoms with Gasteiger partial charge in [-0.3, -0.25) is 0 Å². The first-order valence-corrected chi connectivity index (χ1v) is 4.92. The Balaban J connectivity index is 3.31. The van der Waals surface area contributed by atoms with E-state index in [0.717, 1.165) is 6.29 Å². The SMILES string of the molecule is CC1C=CC(C)(C=O)C(C)(N)C1(C)N. The zero-order valence-electron chi connectivity index (χ0n) is 9.37. The van der Waals surface area contributed by atoms with Gasteiger partial charge in [-0.15, -0.1) is 0 Å². The lowest BCUT2D eigenvalue weighted by molar-refractivity contribution is -0.118. The van der Waals surface area contributed by atoms with Gasteiger partial charge in [0.25, 0.3) is 0 Å². The van der Waals surface area contributed by atoms with Crippen LogP contribution in [-0.4, -0.2) is 17.4 Å². The first-order valence-electron chi connectivity index (χ1n) is 4.92. The highest BCUT2D eigenvalue weighted by atomic mass is 16.1. The molecule has 0 spiro atoms. The summed E-state index contributed by atoms with van der Waals surface area (Å²) >= 11 is 0. The van der Waals surface area contributed by atoms with Crippen LogP contribution in [0.3, 0.4) is 0 Å². The van der Waals surface area contributed by atoms with Crippen LogP contribution in [0.25, 0.3) is 0 Å². The quantitative estimate of drug-likeness (QED) is 0.482. The number of carbonyl (C=O) groups is 1. The summed E-state index contributed by atoms with van der Waals surface area (Å²) in [6.45, 7) is 7.60. The molecule has 1 aliphatic rings. The Hall–Kier alpha value is -0.670. The van der Waals surface area contributed by atoms with Crippen LogP contribution >= 0.6 is 0 Å². The van der Waals surface area contributed by atoms with Gasteiger partial charge in [-0.25, -0.2) is 0 Å². The molecule has 0 radical (unpaired) electrons. The topological polar surface area (TPSA) is 69.1 Å². The summed E-state index contributed by atoms with van der Waals surface area (Å²) < 4.78 is 0. The van der Waals surface area contributed by atoms with Gasteiger partial charge in [0.1, 0.15) is 6.29 Å². The Bertz CT molecular complexity index is 281. The molecular weight excluding hydrogens is 176 g/mol. The molecule has 1 aliphatic carbocycles. The van der Waals surface area contributed by atoms with Gasteiger partial charge in [-0.05, 0) is 26.7 Å². The third-order valence-electron chi connectivity index (χ3n) is 4.16. The van der Waals surface area contributed by atoms with Gasteiger partial charge >= 0.3 is 0 Å². The highest BCUT2D eigenvalue weighted by Crippen LogP contribution is 2.43. The van der Waals surface area contributed by atoms with E-state index in [1.807, 2.05) is 39.8 Å². The Labute approximate surface area is 85.5 Å². The minimum Gasteiger partial charge on any atom is -0.323 e. The maximum Gasteiger partial charge on any atom is 0.131 e. The van der Waals surface area contributed by atoms with E-state index >= 15 is 0 Å². The Morgan fingerprint density at radius 2 is 1.79 bits per heavy atom. The smallest absolute Gasteiger partial charge is 0.131 e. The monoisotopic (exact) mass is 196 g/mol. The van der Waals surface area contributed by atoms with Crippen LogP contribution in [0.4, 0.5) is 0 Å². The van der Waals surface area contributed by atoms with Gasteiger partial charge < -0.3 is 16.3 Å². The maximum absolute atomic E-state index is 11.1. The van der Waals surface area contributed by atoms with Crippen molar-refractivity contribution in [1.82, 2.24) is 0 Å². The van der Waals surface area contributed by atoms with Crippen LogP contribution in [0.1, 0.15) is 27.7 Å². The fourth-order valence-electron chi connectivity index (χ4n) is 1.93. The lowest BCUT2D eigenvalue weighted by Crippen LogP contribution is -2.73. The van der Waals surface area contributed by atoms with Crippen molar-refractivity contribution in [3.8, 4) is 0 Å². The number of aldehydes is 1. The van der Waals surface area contributed by atoms with E-state index in [9.17, 15) is 4.79 Å². The van der Waals surface area contributed by atoms with Crippen molar-refractivity contribution < 1.29 is 4.79 Å². The normalized spacial score (nSPS) is 53.1. The molecule has 1 rings (SSSR count). The first kappa shape index (κ1) is 11.4. The lowest BCUT2D eigenvalue weighted by atomic mass is 9.56. The number of hydrogen-bond acceptors (Lipinski definition) is 3. The predicted molar refractivity (Wildman–Crippen MR) is 57.7 cm³/mol. The molecule has 3 heteroatoms. The fourth-order valence-corrected chi connectivity index (χ4v) is 1.93. The fraction of sp³-hybridized carbons (Fsp3) is 0.727. The van der Waals surface area contributed by atoms with Crippen LogP contribution in [0.2, 0.25) is 0 Å². The molecule has 4 unspecified atom stereocenters. The number of carbonyl (C=O) groups excluding carboxylic acids is 1. The second-order valence-electron chi connectivity index (χ2n) is 5.03. The molecule has 4 atom stereocenters. The lowest BCUT2D eigenvalue weighted by Gasteiger charge is -2.54. The number of rotatable bonds is 1. The van der Waals surface area contributed by atoms with Crippen molar-refractivity contribution in [3.63, 3.8) is 0 Å². The van der Waals surface area contributed by atoms with E-state index in [1.165, 1.54) is 0 Å². The van der Waals surface area contributed by atoms with E-state index in [4.69, 9.17) is 11.5 Å². The molecule has 0 fully saturated rings. The molecular formula is C11H20N2O. The van der Waals surface area contributed by atoms with E-state index in [0.29, 0.717) is 0 Å². The molecule has 80 valence electrons. The van der Waals surface area contributed by atoms with Crippen molar-refractivity contribution in [2.75, 3.05) is 0 Å². The van der Waals surface area contributed by atoms with Crippen LogP contribution in [-0.2, 0) is 4.79 Å². The molecule has 0 aromatic heterocycles. The van der Waals surface area contributed by atoms with E-state index in [1.54, 1.807) is 0 Å². The van der Waals surface area contributed by atoms with Gasteiger partial charge in [0, 0.05) is 11.1 Å². The largest absolute Gasteiger partial charge is 0.323 e. The van der Waals surface area contributed by atoms with Crippen LogP contribution < -0.4 is 11.5 Å². The van der Waals surface area contributed by atoms with Crippen molar-refractivity contribution >= 4 is 6.29 Å². The minimum absolute atomic E-state index is 0.172. The minimum atomic E-state index is -0.726. The standard InChI is InChI=1S/C11H20N2O/c1-8-5-6-9(2,7-14)11(4,13)10(8,3)12/h5-8H,12-13H2,1-4H3. The maximum atomic E-state index is 11.1. The predicted octanol–water partition coefficient (Wildman–Crippen LogP) is 0.832. The summed E-state index contributed by atoms with van der Waals surface area (Å²) in [5.74, 6) is 0.172. The van der Waals surface area contributed by atoms with Crippen molar-refractivity contribution in [3.05, 3.63) is 12.2 Å². The third kappa shape index (κ3) is 1.16. The third-order valence-corrected chi connectivity index (χ3v) is 4.16. The molecule has 0 saturated carbocycles. The summed E-state index contributed by atoms with van der Waals surface area (Å²) in [6, 6.07) is 0. The average Bonchev–Trinajstić information content (AvgIpc) is 2.10. The highest BCUT2D eigenvalue weighted by Gasteiger charge is 2.54. The second-order valence-corrected chi connectivity index (χ2v) is 5.03.